The van der Waals surface area contributed by atoms with Crippen molar-refractivity contribution in [3.05, 3.63) is 95.5 Å². The number of halogens is 1. The number of hydrogen-bond acceptors (Lipinski definition) is 4. The van der Waals surface area contributed by atoms with Gasteiger partial charge in [0.25, 0.3) is 5.56 Å². The zero-order chi connectivity index (χ0) is 24.7. The molecule has 0 fully saturated rings. The van der Waals surface area contributed by atoms with Crippen LogP contribution in [-0.2, 0) is 30.7 Å². The molecule has 0 unspecified atom stereocenters. The van der Waals surface area contributed by atoms with Crippen LogP contribution in [0.25, 0.3) is 10.2 Å². The summed E-state index contributed by atoms with van der Waals surface area (Å²) in [5.74, 6) is -0.314. The van der Waals surface area contributed by atoms with E-state index in [1.165, 1.54) is 20.5 Å². The first-order chi connectivity index (χ1) is 16.8. The van der Waals surface area contributed by atoms with Crippen molar-refractivity contribution in [2.24, 2.45) is 0 Å². The first-order valence-corrected chi connectivity index (χ1v) is 12.9. The molecule has 1 amide bonds. The fourth-order valence-electron chi connectivity index (χ4n) is 4.66. The highest BCUT2D eigenvalue weighted by Crippen LogP contribution is 2.34. The van der Waals surface area contributed by atoms with Crippen LogP contribution < -0.4 is 16.6 Å². The van der Waals surface area contributed by atoms with E-state index in [0.717, 1.165) is 47.3 Å². The van der Waals surface area contributed by atoms with Crippen LogP contribution in [0.3, 0.4) is 0 Å². The van der Waals surface area contributed by atoms with Crippen LogP contribution in [0.1, 0.15) is 40.0 Å². The summed E-state index contributed by atoms with van der Waals surface area (Å²) in [7, 11) is 0. The molecule has 2 heterocycles. The number of benzene rings is 2. The average molecular weight is 508 g/mol. The van der Waals surface area contributed by atoms with Crippen LogP contribution in [0.2, 0.25) is 5.02 Å². The molecule has 0 aliphatic heterocycles. The molecule has 4 aromatic rings. The van der Waals surface area contributed by atoms with Crippen LogP contribution in [0.15, 0.2) is 52.1 Å². The molecule has 1 aliphatic carbocycles. The van der Waals surface area contributed by atoms with E-state index in [4.69, 9.17) is 11.6 Å². The fraction of sp³-hybridized carbons (Fsp3) is 0.296. The third-order valence-electron chi connectivity index (χ3n) is 6.70. The van der Waals surface area contributed by atoms with Gasteiger partial charge in [-0.3, -0.25) is 18.7 Å². The summed E-state index contributed by atoms with van der Waals surface area (Å²) in [6.07, 6.45) is 3.77. The van der Waals surface area contributed by atoms with Gasteiger partial charge in [0.2, 0.25) is 5.91 Å². The van der Waals surface area contributed by atoms with Gasteiger partial charge >= 0.3 is 5.69 Å². The monoisotopic (exact) mass is 507 g/mol. The molecule has 0 atom stereocenters. The van der Waals surface area contributed by atoms with Gasteiger partial charge in [0.05, 0.1) is 11.9 Å². The lowest BCUT2D eigenvalue weighted by Crippen LogP contribution is -2.41. The topological polar surface area (TPSA) is 73.1 Å². The molecule has 0 saturated heterocycles. The van der Waals surface area contributed by atoms with Gasteiger partial charge < -0.3 is 5.32 Å². The minimum absolute atomic E-state index is 0.0523. The Bertz CT molecular complexity index is 1580. The quantitative estimate of drug-likeness (QED) is 0.410. The summed E-state index contributed by atoms with van der Waals surface area (Å²) < 4.78 is 2.67. The largest absolute Gasteiger partial charge is 0.332 e. The zero-order valence-electron chi connectivity index (χ0n) is 19.7. The third-order valence-corrected chi connectivity index (χ3v) is 8.38. The number of nitrogens with one attached hydrogen (secondary N) is 1. The van der Waals surface area contributed by atoms with Crippen molar-refractivity contribution in [1.82, 2.24) is 9.13 Å². The summed E-state index contributed by atoms with van der Waals surface area (Å²) in [6, 6.07) is 12.9. The Morgan fingerprint density at radius 3 is 2.57 bits per heavy atom. The minimum atomic E-state index is -0.503. The summed E-state index contributed by atoms with van der Waals surface area (Å²) in [4.78, 5) is 42.0. The van der Waals surface area contributed by atoms with Crippen LogP contribution in [-0.4, -0.2) is 15.0 Å². The zero-order valence-corrected chi connectivity index (χ0v) is 21.3. The number of aromatic nitrogens is 2. The summed E-state index contributed by atoms with van der Waals surface area (Å²) in [5, 5.41) is 3.96. The molecule has 5 rings (SSSR count). The lowest BCUT2D eigenvalue weighted by atomic mass is 9.97. The van der Waals surface area contributed by atoms with Crippen molar-refractivity contribution in [3.8, 4) is 0 Å². The Hall–Kier alpha value is -3.16. The standard InChI is InChI=1S/C27H26ClN3O3S/c1-16-11-12-19(13-17(16)2)29-23(32)15-31-26-24(20-8-4-6-10-22(20)35-26)25(33)30(27(31)34)14-18-7-3-5-9-21(18)28/h3,5,7,9,11-13H,4,6,8,10,14-15H2,1-2H3,(H,29,32). The predicted octanol–water partition coefficient (Wildman–Crippen LogP) is 5.06. The Labute approximate surface area is 211 Å². The summed E-state index contributed by atoms with van der Waals surface area (Å²) in [6.45, 7) is 3.87. The van der Waals surface area contributed by atoms with Crippen molar-refractivity contribution in [2.45, 2.75) is 52.6 Å². The van der Waals surface area contributed by atoms with Crippen molar-refractivity contribution in [1.29, 1.82) is 0 Å². The molecule has 180 valence electrons. The summed E-state index contributed by atoms with van der Waals surface area (Å²) in [5.41, 5.74) is 3.78. The summed E-state index contributed by atoms with van der Waals surface area (Å²) >= 11 is 7.81. The number of aryl methyl sites for hydroxylation is 4. The molecule has 0 spiro atoms. The predicted molar refractivity (Wildman–Crippen MR) is 142 cm³/mol. The molecule has 0 radical (unpaired) electrons. The maximum absolute atomic E-state index is 13.6. The second-order valence-electron chi connectivity index (χ2n) is 9.09. The molecular weight excluding hydrogens is 482 g/mol. The molecule has 1 N–H and O–H groups in total. The van der Waals surface area contributed by atoms with E-state index in [0.29, 0.717) is 26.5 Å². The first kappa shape index (κ1) is 23.6. The van der Waals surface area contributed by atoms with E-state index in [1.807, 2.05) is 44.2 Å². The van der Waals surface area contributed by atoms with Crippen molar-refractivity contribution in [2.75, 3.05) is 5.32 Å². The normalized spacial score (nSPS) is 13.1. The smallest absolute Gasteiger partial charge is 0.325 e. The van der Waals surface area contributed by atoms with Gasteiger partial charge in [-0.1, -0.05) is 35.9 Å². The van der Waals surface area contributed by atoms with Gasteiger partial charge in [0.15, 0.2) is 0 Å². The molecular formula is C27H26ClN3O3S. The number of rotatable bonds is 5. The number of carbonyl (C=O) groups excluding carboxylic acids is 1. The molecule has 0 bridgehead atoms. The average Bonchev–Trinajstić information content (AvgIpc) is 3.23. The maximum atomic E-state index is 13.6. The van der Waals surface area contributed by atoms with Gasteiger partial charge in [-0.15, -0.1) is 11.3 Å². The molecule has 8 heteroatoms. The van der Waals surface area contributed by atoms with Gasteiger partial charge in [-0.25, -0.2) is 4.79 Å². The first-order valence-electron chi connectivity index (χ1n) is 11.7. The third kappa shape index (κ3) is 4.46. The number of thiophene rings is 1. The molecule has 2 aromatic carbocycles. The number of fused-ring (bicyclic) bond motifs is 3. The minimum Gasteiger partial charge on any atom is -0.325 e. The van der Waals surface area contributed by atoms with Crippen LogP contribution >= 0.6 is 22.9 Å². The van der Waals surface area contributed by atoms with Gasteiger partial charge in [-0.2, -0.15) is 0 Å². The Balaban J connectivity index is 1.61. The lowest BCUT2D eigenvalue weighted by molar-refractivity contribution is -0.116. The maximum Gasteiger partial charge on any atom is 0.332 e. The van der Waals surface area contributed by atoms with Crippen LogP contribution in [0, 0.1) is 13.8 Å². The van der Waals surface area contributed by atoms with Gasteiger partial charge in [-0.05, 0) is 80.0 Å². The molecule has 6 nitrogen and oxygen atoms in total. The van der Waals surface area contributed by atoms with Crippen LogP contribution in [0.5, 0.6) is 0 Å². The highest BCUT2D eigenvalue weighted by molar-refractivity contribution is 7.18. The molecule has 2 aromatic heterocycles. The van der Waals surface area contributed by atoms with E-state index < -0.39 is 5.69 Å². The molecule has 0 saturated carbocycles. The fourth-order valence-corrected chi connectivity index (χ4v) is 6.22. The highest BCUT2D eigenvalue weighted by atomic mass is 35.5. The van der Waals surface area contributed by atoms with Crippen molar-refractivity contribution < 1.29 is 4.79 Å². The Kier molecular flexibility index (Phi) is 6.38. The number of carbonyl (C=O) groups is 1. The Morgan fingerprint density at radius 1 is 1.03 bits per heavy atom. The van der Waals surface area contributed by atoms with Gasteiger partial charge in [0, 0.05) is 15.6 Å². The molecule has 1 aliphatic rings. The van der Waals surface area contributed by atoms with Crippen molar-refractivity contribution >= 4 is 44.7 Å². The second kappa shape index (κ2) is 9.47. The number of hydrogen-bond donors (Lipinski definition) is 1. The van der Waals surface area contributed by atoms with E-state index in [1.54, 1.807) is 12.1 Å². The van der Waals surface area contributed by atoms with E-state index >= 15 is 0 Å². The number of nitrogens with zero attached hydrogens (tertiary/aromatic N) is 2. The lowest BCUT2D eigenvalue weighted by Gasteiger charge is -2.14. The van der Waals surface area contributed by atoms with Crippen LogP contribution in [0.4, 0.5) is 5.69 Å². The SMILES string of the molecule is Cc1ccc(NC(=O)Cn2c(=O)n(Cc3ccccc3Cl)c(=O)c3c4c(sc32)CCCC4)cc1C. The Morgan fingerprint density at radius 2 is 1.80 bits per heavy atom. The van der Waals surface area contributed by atoms with E-state index in [2.05, 4.69) is 5.32 Å². The van der Waals surface area contributed by atoms with Gasteiger partial charge in [0.1, 0.15) is 11.4 Å². The number of anilines is 1. The van der Waals surface area contributed by atoms with E-state index in [-0.39, 0.29) is 24.6 Å². The number of amides is 1. The van der Waals surface area contributed by atoms with E-state index in [9.17, 15) is 14.4 Å². The van der Waals surface area contributed by atoms with Crippen molar-refractivity contribution in [3.63, 3.8) is 0 Å². The second-order valence-corrected chi connectivity index (χ2v) is 10.6. The highest BCUT2D eigenvalue weighted by Gasteiger charge is 2.24. The molecule has 35 heavy (non-hydrogen) atoms.